The van der Waals surface area contributed by atoms with Crippen LogP contribution in [0.1, 0.15) is 38.4 Å². The number of nitrogens with zero attached hydrogens (tertiary/aromatic N) is 5. The zero-order valence-corrected chi connectivity index (χ0v) is 21.1. The van der Waals surface area contributed by atoms with Gasteiger partial charge in [0.05, 0.1) is 18.5 Å². The second-order valence-corrected chi connectivity index (χ2v) is 9.12. The molecule has 0 saturated heterocycles. The van der Waals surface area contributed by atoms with Crippen molar-refractivity contribution in [2.45, 2.75) is 26.1 Å². The minimum Gasteiger partial charge on any atom is -0.496 e. The van der Waals surface area contributed by atoms with E-state index in [1.165, 1.54) is 4.80 Å². The topological polar surface area (TPSA) is 144 Å². The third kappa shape index (κ3) is 4.70. The number of aryl methyl sites for hydroxylation is 1. The molecule has 3 aliphatic rings. The first-order valence-corrected chi connectivity index (χ1v) is 12.3. The molecule has 3 N–H and O–H groups in total. The molecular formula is C25H23N7O4S. The van der Waals surface area contributed by atoms with Gasteiger partial charge in [-0.25, -0.2) is 4.79 Å². The van der Waals surface area contributed by atoms with Crippen LogP contribution in [0.15, 0.2) is 47.0 Å². The van der Waals surface area contributed by atoms with Crippen LogP contribution in [0, 0.1) is 13.8 Å². The van der Waals surface area contributed by atoms with E-state index in [2.05, 4.69) is 30.2 Å². The third-order valence-corrected chi connectivity index (χ3v) is 6.70. The summed E-state index contributed by atoms with van der Waals surface area (Å²) >= 11 is 1.13. The van der Waals surface area contributed by atoms with Crippen molar-refractivity contribution in [3.05, 3.63) is 76.2 Å². The van der Waals surface area contributed by atoms with Gasteiger partial charge in [0.1, 0.15) is 18.0 Å². The first-order valence-electron chi connectivity index (χ1n) is 11.3. The lowest BCUT2D eigenvalue weighted by Gasteiger charge is -2.15. The summed E-state index contributed by atoms with van der Waals surface area (Å²) in [4.78, 5) is 30.7. The maximum absolute atomic E-state index is 13.2. The van der Waals surface area contributed by atoms with E-state index in [-0.39, 0.29) is 18.3 Å². The molecule has 2 aliphatic heterocycles. The van der Waals surface area contributed by atoms with Crippen molar-refractivity contribution in [2.24, 2.45) is 4.40 Å². The predicted molar refractivity (Wildman–Crippen MR) is 139 cm³/mol. The van der Waals surface area contributed by atoms with Crippen molar-refractivity contribution in [1.29, 1.82) is 0 Å². The Morgan fingerprint density at radius 2 is 1.95 bits per heavy atom. The standard InChI is InChI=1S/C25H23N7O4S/c1-13-10-26-19(14(2)22(13)36-3)11-32-29-18-9-16(24(33)27-15-7-5-4-6-8-15)17-12-37-31-23(28-25(34)35)21(30-32)20(17)18/h4-10H,11-12H2,1-3H3,(H,27,33)(H,28,31)(H,34,35). The number of para-hydroxylation sites is 1. The number of ether oxygens (including phenoxy) is 1. The Labute approximate surface area is 216 Å². The number of hydrogen-bond acceptors (Lipinski definition) is 8. The molecule has 0 atom stereocenters. The lowest BCUT2D eigenvalue weighted by atomic mass is 10.1. The number of carbonyl (C=O) groups is 2. The highest BCUT2D eigenvalue weighted by Gasteiger charge is 2.31. The van der Waals surface area contributed by atoms with Gasteiger partial charge in [-0.05, 0) is 49.6 Å². The summed E-state index contributed by atoms with van der Waals surface area (Å²) in [6.45, 7) is 4.02. The zero-order chi connectivity index (χ0) is 26.1. The predicted octanol–water partition coefficient (Wildman–Crippen LogP) is 3.88. The Kier molecular flexibility index (Phi) is 6.49. The highest BCUT2D eigenvalue weighted by Crippen LogP contribution is 2.38. The fraction of sp³-hybridized carbons (Fsp3) is 0.200. The minimum absolute atomic E-state index is 0.0733. The van der Waals surface area contributed by atoms with Gasteiger partial charge in [-0.1, -0.05) is 18.2 Å². The van der Waals surface area contributed by atoms with Crippen LogP contribution in [0.3, 0.4) is 0 Å². The van der Waals surface area contributed by atoms with E-state index in [9.17, 15) is 14.7 Å². The van der Waals surface area contributed by atoms with Gasteiger partial charge in [0.15, 0.2) is 5.84 Å². The molecule has 1 aromatic heterocycles. The van der Waals surface area contributed by atoms with E-state index in [0.717, 1.165) is 28.8 Å². The molecule has 0 unspecified atom stereocenters. The van der Waals surface area contributed by atoms with Crippen LogP contribution in [-0.2, 0) is 12.3 Å². The van der Waals surface area contributed by atoms with Crippen LogP contribution in [0.25, 0.3) is 11.3 Å². The number of amides is 2. The number of amidine groups is 1. The minimum atomic E-state index is -1.27. The molecule has 1 aromatic carbocycles. The van der Waals surface area contributed by atoms with Gasteiger partial charge in [-0.2, -0.15) is 19.4 Å². The average Bonchev–Trinajstić information content (AvgIpc) is 3.14. The molecule has 0 spiro atoms. The van der Waals surface area contributed by atoms with E-state index in [0.29, 0.717) is 45.2 Å². The normalized spacial score (nSPS) is 12.6. The molecule has 5 rings (SSSR count). The van der Waals surface area contributed by atoms with E-state index in [1.54, 1.807) is 31.5 Å². The molecule has 2 amide bonds. The number of benzene rings is 1. The van der Waals surface area contributed by atoms with Gasteiger partial charge in [0.2, 0.25) is 0 Å². The lowest BCUT2D eigenvalue weighted by molar-refractivity contribution is 0.102. The molecule has 2 aromatic rings. The average molecular weight is 518 g/mol. The second kappa shape index (κ2) is 9.90. The largest absolute Gasteiger partial charge is 0.496 e. The van der Waals surface area contributed by atoms with Gasteiger partial charge in [0.25, 0.3) is 5.91 Å². The van der Waals surface area contributed by atoms with Crippen LogP contribution in [0.5, 0.6) is 5.75 Å². The molecule has 37 heavy (non-hydrogen) atoms. The van der Waals surface area contributed by atoms with Crippen molar-refractivity contribution >= 4 is 35.5 Å². The summed E-state index contributed by atoms with van der Waals surface area (Å²) in [6, 6.07) is 10.8. The SMILES string of the molecule is COc1c(C)cnc(Cn2nc3cc(C(=O)Nc4ccccc4)c4c-3c(n2)C(NC(=O)O)=NSC4)c1C. The quantitative estimate of drug-likeness (QED) is 0.338. The highest BCUT2D eigenvalue weighted by atomic mass is 32.2. The number of anilines is 1. The lowest BCUT2D eigenvalue weighted by Crippen LogP contribution is -2.32. The van der Waals surface area contributed by atoms with E-state index < -0.39 is 6.09 Å². The first kappa shape index (κ1) is 24.3. The van der Waals surface area contributed by atoms with Crippen LogP contribution in [0.2, 0.25) is 0 Å². The molecule has 12 heteroatoms. The summed E-state index contributed by atoms with van der Waals surface area (Å²) in [7, 11) is 1.61. The van der Waals surface area contributed by atoms with Crippen molar-refractivity contribution < 1.29 is 19.4 Å². The van der Waals surface area contributed by atoms with Crippen molar-refractivity contribution in [2.75, 3.05) is 12.4 Å². The van der Waals surface area contributed by atoms with Gasteiger partial charge < -0.3 is 15.2 Å². The van der Waals surface area contributed by atoms with Gasteiger partial charge in [-0.15, -0.1) is 0 Å². The molecule has 0 fully saturated rings. The van der Waals surface area contributed by atoms with Crippen LogP contribution in [0.4, 0.5) is 10.5 Å². The van der Waals surface area contributed by atoms with Crippen molar-refractivity contribution in [3.63, 3.8) is 0 Å². The molecule has 0 radical (unpaired) electrons. The van der Waals surface area contributed by atoms with Crippen LogP contribution in [-0.4, -0.2) is 50.0 Å². The number of rotatable bonds is 5. The summed E-state index contributed by atoms with van der Waals surface area (Å²) < 4.78 is 9.85. The fourth-order valence-electron chi connectivity index (χ4n) is 4.30. The summed E-state index contributed by atoms with van der Waals surface area (Å²) in [5.74, 6) is 0.852. The highest BCUT2D eigenvalue weighted by molar-refractivity contribution is 7.97. The fourth-order valence-corrected chi connectivity index (χ4v) is 5.06. The molecule has 3 heterocycles. The van der Waals surface area contributed by atoms with Gasteiger partial charge in [-0.3, -0.25) is 15.1 Å². The molecular weight excluding hydrogens is 494 g/mol. The number of hydrogen-bond donors (Lipinski definition) is 3. The second-order valence-electron chi connectivity index (χ2n) is 8.39. The first-order chi connectivity index (χ1) is 17.9. The maximum Gasteiger partial charge on any atom is 0.410 e. The smallest absolute Gasteiger partial charge is 0.410 e. The molecule has 188 valence electrons. The third-order valence-electron chi connectivity index (χ3n) is 5.97. The van der Waals surface area contributed by atoms with Gasteiger partial charge in [0, 0.05) is 39.9 Å². The molecule has 0 bridgehead atoms. The van der Waals surface area contributed by atoms with E-state index >= 15 is 0 Å². The monoisotopic (exact) mass is 517 g/mol. The van der Waals surface area contributed by atoms with Crippen LogP contribution >= 0.6 is 11.9 Å². The summed E-state index contributed by atoms with van der Waals surface area (Å²) in [5.41, 5.74) is 5.60. The Bertz CT molecular complexity index is 1520. The van der Waals surface area contributed by atoms with E-state index in [4.69, 9.17) is 4.74 Å². The Balaban J connectivity index is 1.62. The Morgan fingerprint density at radius 1 is 1.16 bits per heavy atom. The number of aromatic nitrogens is 4. The van der Waals surface area contributed by atoms with Gasteiger partial charge >= 0.3 is 6.09 Å². The zero-order valence-electron chi connectivity index (χ0n) is 20.3. The molecule has 0 saturated carbocycles. The maximum atomic E-state index is 13.2. The number of pyridine rings is 1. The Hall–Kier alpha value is -4.45. The number of methoxy groups -OCH3 is 1. The molecule has 11 nitrogen and oxygen atoms in total. The Morgan fingerprint density at radius 3 is 2.68 bits per heavy atom. The number of nitrogens with one attached hydrogen (secondary N) is 2. The summed E-state index contributed by atoms with van der Waals surface area (Å²) in [6.07, 6.45) is 0.452. The molecule has 1 aliphatic carbocycles. The number of carbonyl (C=O) groups excluding carboxylic acids is 1. The van der Waals surface area contributed by atoms with Crippen molar-refractivity contribution in [3.8, 4) is 17.0 Å². The van der Waals surface area contributed by atoms with Crippen molar-refractivity contribution in [1.82, 2.24) is 25.3 Å². The number of carboxylic acid groups (broad SMARTS) is 1. The van der Waals surface area contributed by atoms with Crippen LogP contribution < -0.4 is 15.4 Å². The summed E-state index contributed by atoms with van der Waals surface area (Å²) in [5, 5.41) is 23.9. The van der Waals surface area contributed by atoms with E-state index in [1.807, 2.05) is 32.0 Å².